The van der Waals surface area contributed by atoms with E-state index in [9.17, 15) is 0 Å². The first-order valence-corrected chi connectivity index (χ1v) is 25.8. The van der Waals surface area contributed by atoms with Crippen LogP contribution in [-0.4, -0.2) is 26.1 Å². The maximum Gasteiger partial charge on any atom is 0.184 e. The van der Waals surface area contributed by atoms with Crippen LogP contribution >= 0.6 is 0 Å². The van der Waals surface area contributed by atoms with Crippen molar-refractivity contribution >= 4 is 96.8 Å². The fourth-order valence-corrected chi connectivity index (χ4v) is 20.4. The van der Waals surface area contributed by atoms with Crippen LogP contribution in [-0.2, 0) is 0 Å². The normalized spacial score (nSPS) is 13.1. The van der Waals surface area contributed by atoms with Crippen LogP contribution in [0.2, 0.25) is 0 Å². The molecule has 0 spiro atoms. The predicted molar refractivity (Wildman–Crippen MR) is 270 cm³/mol. The molecule has 8 aromatic carbocycles. The summed E-state index contributed by atoms with van der Waals surface area (Å²) in [7, 11) is -6.20. The van der Waals surface area contributed by atoms with Crippen LogP contribution in [0.5, 0.6) is 0 Å². The van der Waals surface area contributed by atoms with Crippen LogP contribution in [0.15, 0.2) is 253 Å². The van der Waals surface area contributed by atoms with E-state index in [0.717, 1.165) is 50.4 Å². The Morgan fingerprint density at radius 2 is 0.969 bits per heavy atom. The first-order valence-electron chi connectivity index (χ1n) is 21.8. The van der Waals surface area contributed by atoms with Gasteiger partial charge in [0.05, 0.1) is 11.4 Å². The van der Waals surface area contributed by atoms with Gasteiger partial charge in [0.15, 0.2) is 16.1 Å². The van der Waals surface area contributed by atoms with Gasteiger partial charge in [0.2, 0.25) is 0 Å². The lowest BCUT2D eigenvalue weighted by molar-refractivity contribution is 0.669. The third-order valence-electron chi connectivity index (χ3n) is 13.2. The third kappa shape index (κ3) is 5.80. The average molecular weight is 852 g/mol. The van der Waals surface area contributed by atoms with Crippen LogP contribution in [0.3, 0.4) is 0 Å². The molecule has 0 saturated carbocycles. The molecule has 0 unspecified atom stereocenters. The largest absolute Gasteiger partial charge is 0.456 e. The second-order valence-electron chi connectivity index (χ2n) is 16.5. The van der Waals surface area contributed by atoms with E-state index in [4.69, 9.17) is 14.4 Å². The number of anilines is 3. The Labute approximate surface area is 374 Å². The minimum Gasteiger partial charge on any atom is -0.456 e. The molecular weight excluding hydrogens is 811 g/mol. The van der Waals surface area contributed by atoms with Gasteiger partial charge >= 0.3 is 0 Å². The molecule has 0 atom stereocenters. The number of fused-ring (bicyclic) bond motifs is 5. The molecule has 11 aromatic rings. The highest BCUT2D eigenvalue weighted by Gasteiger charge is 2.51. The van der Waals surface area contributed by atoms with Gasteiger partial charge in [-0.3, -0.25) is 9.88 Å². The average Bonchev–Trinajstić information content (AvgIpc) is 3.74. The van der Waals surface area contributed by atoms with Crippen LogP contribution in [0, 0.1) is 0 Å². The lowest BCUT2D eigenvalue weighted by Crippen LogP contribution is -2.78. The molecule has 64 heavy (non-hydrogen) atoms. The molecule has 4 heterocycles. The summed E-state index contributed by atoms with van der Waals surface area (Å²) in [5.41, 5.74) is 5.99. The van der Waals surface area contributed by atoms with E-state index >= 15 is 0 Å². The summed E-state index contributed by atoms with van der Waals surface area (Å²) in [4.78, 5) is 12.4. The van der Waals surface area contributed by atoms with Crippen LogP contribution in [0.4, 0.5) is 17.2 Å². The molecule has 0 N–H and O–H groups in total. The minimum absolute atomic E-state index is 0.852. The lowest BCUT2D eigenvalue weighted by atomic mass is 10.1. The highest BCUT2D eigenvalue weighted by molar-refractivity contribution is 7.22. The maximum absolute atomic E-state index is 6.74. The van der Waals surface area contributed by atoms with Gasteiger partial charge in [-0.25, -0.2) is 4.98 Å². The SMILES string of the molecule is c1ccc([Si](c2ccccc2)(c2cccc(-c3ccccn3)c2)c2ccc3c(c2)N(c2ccccn2)c2cc4oc5ccccc5c4cc2[Si]3(c2ccccc2)c2ccccc2)cc1. The van der Waals surface area contributed by atoms with Crippen LogP contribution < -0.4 is 46.4 Å². The van der Waals surface area contributed by atoms with E-state index in [-0.39, 0.29) is 0 Å². The second-order valence-corrected chi connectivity index (χ2v) is 24.0. The number of furan rings is 1. The summed E-state index contributed by atoms with van der Waals surface area (Å²) < 4.78 is 6.74. The van der Waals surface area contributed by atoms with E-state index in [0.29, 0.717) is 0 Å². The number of hydrogen-bond donors (Lipinski definition) is 0. The van der Waals surface area contributed by atoms with Crippen LogP contribution in [0.25, 0.3) is 33.2 Å². The number of benzene rings is 8. The number of para-hydroxylation sites is 1. The summed E-state index contributed by atoms with van der Waals surface area (Å²) >= 11 is 0. The quantitative estimate of drug-likeness (QED) is 0.114. The van der Waals surface area contributed by atoms with Crippen molar-refractivity contribution in [3.8, 4) is 11.3 Å². The topological polar surface area (TPSA) is 42.2 Å². The van der Waals surface area contributed by atoms with E-state index < -0.39 is 16.1 Å². The van der Waals surface area contributed by atoms with Crippen molar-refractivity contribution in [3.63, 3.8) is 0 Å². The van der Waals surface area contributed by atoms with E-state index in [2.05, 4.69) is 229 Å². The van der Waals surface area contributed by atoms with Crippen LogP contribution in [0.1, 0.15) is 0 Å². The van der Waals surface area contributed by atoms with E-state index in [1.807, 2.05) is 24.5 Å². The van der Waals surface area contributed by atoms with Crippen molar-refractivity contribution in [3.05, 3.63) is 249 Å². The fourth-order valence-electron chi connectivity index (χ4n) is 10.5. The van der Waals surface area contributed by atoms with Gasteiger partial charge in [0.25, 0.3) is 0 Å². The monoisotopic (exact) mass is 851 g/mol. The minimum atomic E-state index is -3.11. The Morgan fingerprint density at radius 1 is 0.391 bits per heavy atom. The van der Waals surface area contributed by atoms with Gasteiger partial charge in [-0.2, -0.15) is 0 Å². The molecular formula is C58H41N3OSi2. The molecule has 302 valence electrons. The van der Waals surface area contributed by atoms with Crippen molar-refractivity contribution in [2.75, 3.05) is 4.90 Å². The van der Waals surface area contributed by atoms with Crippen molar-refractivity contribution in [1.29, 1.82) is 0 Å². The Hall–Kier alpha value is -7.91. The van der Waals surface area contributed by atoms with Gasteiger partial charge in [-0.05, 0) is 84.0 Å². The van der Waals surface area contributed by atoms with Gasteiger partial charge in [-0.15, -0.1) is 0 Å². The first kappa shape index (κ1) is 37.8. The number of rotatable bonds is 8. The predicted octanol–water partition coefficient (Wildman–Crippen LogP) is 8.58. The standard InChI is InChI=1S/C58H41N3OSi2/c1-5-21-43(22-6-1)63(44-23-7-2-8-24-44,47-29-19-20-42(38-47)51-31-15-17-36-59-51)48-34-35-56-52(39-48)61(58-33-16-18-37-60-58)53-41-55-50(49-30-13-14-32-54(49)62-55)40-57(53)64(56,45-25-9-3-10-26-45)46-27-11-4-12-28-46/h1-41H. The summed E-state index contributed by atoms with van der Waals surface area (Å²) in [6.07, 6.45) is 3.78. The summed E-state index contributed by atoms with van der Waals surface area (Å²) in [6, 6.07) is 87.0. The zero-order valence-electron chi connectivity index (χ0n) is 34.9. The molecule has 6 heteroatoms. The van der Waals surface area contributed by atoms with Gasteiger partial charge in [0.1, 0.15) is 17.0 Å². The number of pyridine rings is 2. The Kier molecular flexibility index (Phi) is 9.14. The third-order valence-corrected chi connectivity index (χ3v) is 22.8. The van der Waals surface area contributed by atoms with Crippen molar-refractivity contribution in [2.45, 2.75) is 0 Å². The Balaban J connectivity index is 1.24. The van der Waals surface area contributed by atoms with Crippen molar-refractivity contribution in [2.24, 2.45) is 0 Å². The lowest BCUT2D eigenvalue weighted by Gasteiger charge is -2.45. The van der Waals surface area contributed by atoms with Gasteiger partial charge in [0, 0.05) is 40.5 Å². The molecule has 0 fully saturated rings. The zero-order chi connectivity index (χ0) is 42.5. The molecule has 4 nitrogen and oxygen atoms in total. The summed E-state index contributed by atoms with van der Waals surface area (Å²) in [6.45, 7) is 0. The number of nitrogens with zero attached hydrogens (tertiary/aromatic N) is 3. The first-order chi connectivity index (χ1) is 31.7. The number of hydrogen-bond acceptors (Lipinski definition) is 4. The fraction of sp³-hybridized carbons (Fsp3) is 0. The van der Waals surface area contributed by atoms with Gasteiger partial charge in [-0.1, -0.05) is 188 Å². The highest BCUT2D eigenvalue weighted by Crippen LogP contribution is 2.41. The molecule has 3 aromatic heterocycles. The molecule has 0 amide bonds. The summed E-state index contributed by atoms with van der Waals surface area (Å²) in [5, 5.41) is 12.7. The second kappa shape index (κ2) is 15.5. The molecule has 0 aliphatic carbocycles. The Morgan fingerprint density at radius 3 is 1.62 bits per heavy atom. The highest BCUT2D eigenvalue weighted by atomic mass is 28.3. The maximum atomic E-state index is 6.74. The molecule has 12 rings (SSSR count). The van der Waals surface area contributed by atoms with E-state index in [1.165, 1.54) is 41.5 Å². The Bertz CT molecular complexity index is 3360. The van der Waals surface area contributed by atoms with Gasteiger partial charge < -0.3 is 4.42 Å². The molecule has 1 aliphatic heterocycles. The molecule has 0 saturated heterocycles. The molecule has 0 bridgehead atoms. The van der Waals surface area contributed by atoms with Crippen molar-refractivity contribution in [1.82, 2.24) is 9.97 Å². The van der Waals surface area contributed by atoms with E-state index in [1.54, 1.807) is 0 Å². The number of aromatic nitrogens is 2. The van der Waals surface area contributed by atoms with Crippen molar-refractivity contribution < 1.29 is 4.42 Å². The smallest absolute Gasteiger partial charge is 0.184 e. The summed E-state index contributed by atoms with van der Waals surface area (Å²) in [5.74, 6) is 0.852. The molecule has 0 radical (unpaired) electrons. The zero-order valence-corrected chi connectivity index (χ0v) is 36.9. The molecule has 1 aliphatic rings.